The molecule has 2 aromatic carbocycles. The SMILES string of the molecule is COc1ccccc1CNc1cccc(C(O)CCN)c1.Cl. The van der Waals surface area contributed by atoms with E-state index in [4.69, 9.17) is 10.5 Å². The van der Waals surface area contributed by atoms with Crippen molar-refractivity contribution in [3.8, 4) is 5.75 Å². The number of hydrogen-bond acceptors (Lipinski definition) is 4. The molecule has 22 heavy (non-hydrogen) atoms. The largest absolute Gasteiger partial charge is 0.496 e. The van der Waals surface area contributed by atoms with Crippen molar-refractivity contribution in [1.29, 1.82) is 0 Å². The number of aliphatic hydroxyl groups is 1. The van der Waals surface area contributed by atoms with Crippen molar-refractivity contribution in [3.05, 3.63) is 59.7 Å². The number of halogens is 1. The molecule has 0 fully saturated rings. The Morgan fingerprint density at radius 2 is 1.95 bits per heavy atom. The molecule has 120 valence electrons. The molecule has 1 unspecified atom stereocenters. The molecule has 4 nitrogen and oxygen atoms in total. The number of methoxy groups -OCH3 is 1. The van der Waals surface area contributed by atoms with E-state index in [2.05, 4.69) is 5.32 Å². The van der Waals surface area contributed by atoms with Gasteiger partial charge in [0.2, 0.25) is 0 Å². The van der Waals surface area contributed by atoms with E-state index in [1.54, 1.807) is 7.11 Å². The van der Waals surface area contributed by atoms with Crippen LogP contribution < -0.4 is 15.8 Å². The van der Waals surface area contributed by atoms with Crippen LogP contribution in [-0.4, -0.2) is 18.8 Å². The van der Waals surface area contributed by atoms with E-state index in [9.17, 15) is 5.11 Å². The summed E-state index contributed by atoms with van der Waals surface area (Å²) in [5.74, 6) is 0.865. The van der Waals surface area contributed by atoms with Crippen molar-refractivity contribution < 1.29 is 9.84 Å². The molecule has 0 bridgehead atoms. The van der Waals surface area contributed by atoms with E-state index >= 15 is 0 Å². The van der Waals surface area contributed by atoms with Gasteiger partial charge in [0.25, 0.3) is 0 Å². The smallest absolute Gasteiger partial charge is 0.123 e. The maximum atomic E-state index is 9.98. The number of para-hydroxylation sites is 1. The minimum atomic E-state index is -0.511. The van der Waals surface area contributed by atoms with Crippen LogP contribution in [0.4, 0.5) is 5.69 Å². The summed E-state index contributed by atoms with van der Waals surface area (Å²) in [6, 6.07) is 15.7. The lowest BCUT2D eigenvalue weighted by Gasteiger charge is -2.13. The zero-order valence-electron chi connectivity index (χ0n) is 12.7. The maximum absolute atomic E-state index is 9.98. The molecule has 1 atom stereocenters. The Morgan fingerprint density at radius 3 is 2.68 bits per heavy atom. The molecule has 0 heterocycles. The molecule has 0 aliphatic rings. The zero-order valence-corrected chi connectivity index (χ0v) is 13.5. The molecule has 0 saturated heterocycles. The van der Waals surface area contributed by atoms with Crippen LogP contribution in [0.25, 0.3) is 0 Å². The highest BCUT2D eigenvalue weighted by molar-refractivity contribution is 5.85. The molecular weight excluding hydrogens is 300 g/mol. The van der Waals surface area contributed by atoms with Crippen molar-refractivity contribution in [2.45, 2.75) is 19.1 Å². The van der Waals surface area contributed by atoms with E-state index in [-0.39, 0.29) is 12.4 Å². The van der Waals surface area contributed by atoms with Gasteiger partial charge in [-0.1, -0.05) is 30.3 Å². The third kappa shape index (κ3) is 4.91. The second-order valence-electron chi connectivity index (χ2n) is 4.88. The molecule has 0 aliphatic carbocycles. The summed E-state index contributed by atoms with van der Waals surface area (Å²) in [5, 5.41) is 13.3. The predicted molar refractivity (Wildman–Crippen MR) is 92.6 cm³/mol. The topological polar surface area (TPSA) is 67.5 Å². The van der Waals surface area contributed by atoms with E-state index in [0.29, 0.717) is 19.5 Å². The number of benzene rings is 2. The van der Waals surface area contributed by atoms with Gasteiger partial charge in [0.1, 0.15) is 5.75 Å². The molecule has 0 amide bonds. The van der Waals surface area contributed by atoms with Gasteiger partial charge in [0.05, 0.1) is 13.2 Å². The van der Waals surface area contributed by atoms with Crippen molar-refractivity contribution in [3.63, 3.8) is 0 Å². The summed E-state index contributed by atoms with van der Waals surface area (Å²) in [6.45, 7) is 1.14. The van der Waals surface area contributed by atoms with Gasteiger partial charge in [-0.2, -0.15) is 0 Å². The Morgan fingerprint density at radius 1 is 1.18 bits per heavy atom. The Kier molecular flexibility index (Phi) is 7.74. The summed E-state index contributed by atoms with van der Waals surface area (Å²) in [6.07, 6.45) is 0.0543. The normalized spacial score (nSPS) is 11.4. The van der Waals surface area contributed by atoms with Gasteiger partial charge in [0, 0.05) is 17.8 Å². The molecule has 2 aromatic rings. The quantitative estimate of drug-likeness (QED) is 0.732. The lowest BCUT2D eigenvalue weighted by molar-refractivity contribution is 0.170. The van der Waals surface area contributed by atoms with Crippen LogP contribution in [0.15, 0.2) is 48.5 Å². The Bertz CT molecular complexity index is 578. The van der Waals surface area contributed by atoms with Crippen LogP contribution in [0.3, 0.4) is 0 Å². The molecule has 4 N–H and O–H groups in total. The summed E-state index contributed by atoms with van der Waals surface area (Å²) in [7, 11) is 1.67. The maximum Gasteiger partial charge on any atom is 0.123 e. The number of hydrogen-bond donors (Lipinski definition) is 3. The van der Waals surface area contributed by atoms with Crippen molar-refractivity contribution >= 4 is 18.1 Å². The number of nitrogens with two attached hydrogens (primary N) is 1. The number of aliphatic hydroxyl groups excluding tert-OH is 1. The van der Waals surface area contributed by atoms with Crippen LogP contribution in [0.1, 0.15) is 23.7 Å². The highest BCUT2D eigenvalue weighted by Crippen LogP contribution is 2.22. The molecule has 0 spiro atoms. The Hall–Kier alpha value is -1.75. The fraction of sp³-hybridized carbons (Fsp3) is 0.294. The molecule has 0 aromatic heterocycles. The lowest BCUT2D eigenvalue weighted by atomic mass is 10.1. The zero-order chi connectivity index (χ0) is 15.1. The fourth-order valence-electron chi connectivity index (χ4n) is 2.23. The van der Waals surface area contributed by atoms with Crippen LogP contribution in [0.2, 0.25) is 0 Å². The number of ether oxygens (including phenoxy) is 1. The van der Waals surface area contributed by atoms with E-state index in [1.165, 1.54) is 0 Å². The number of nitrogens with one attached hydrogen (secondary N) is 1. The Labute approximate surface area is 137 Å². The van der Waals surface area contributed by atoms with Crippen LogP contribution in [0.5, 0.6) is 5.75 Å². The van der Waals surface area contributed by atoms with Crippen LogP contribution in [0, 0.1) is 0 Å². The van der Waals surface area contributed by atoms with Gasteiger partial charge >= 0.3 is 0 Å². The van der Waals surface area contributed by atoms with E-state index in [1.807, 2.05) is 48.5 Å². The molecule has 5 heteroatoms. The highest BCUT2D eigenvalue weighted by Gasteiger charge is 2.07. The summed E-state index contributed by atoms with van der Waals surface area (Å²) < 4.78 is 5.33. The minimum Gasteiger partial charge on any atom is -0.496 e. The first-order valence-corrected chi connectivity index (χ1v) is 7.08. The van der Waals surface area contributed by atoms with Crippen molar-refractivity contribution in [1.82, 2.24) is 0 Å². The van der Waals surface area contributed by atoms with E-state index < -0.39 is 6.10 Å². The van der Waals surface area contributed by atoms with Crippen molar-refractivity contribution in [2.24, 2.45) is 5.73 Å². The second-order valence-corrected chi connectivity index (χ2v) is 4.88. The third-order valence-electron chi connectivity index (χ3n) is 3.39. The molecule has 0 aliphatic heterocycles. The summed E-state index contributed by atoms with van der Waals surface area (Å²) >= 11 is 0. The first-order chi connectivity index (χ1) is 10.2. The number of rotatable bonds is 7. The van der Waals surface area contributed by atoms with Gasteiger partial charge in [-0.05, 0) is 36.7 Å². The third-order valence-corrected chi connectivity index (χ3v) is 3.39. The lowest BCUT2D eigenvalue weighted by Crippen LogP contribution is -2.07. The summed E-state index contributed by atoms with van der Waals surface area (Å²) in [4.78, 5) is 0. The predicted octanol–water partition coefficient (Wildman–Crippen LogP) is 3.11. The van der Waals surface area contributed by atoms with Gasteiger partial charge in [-0.15, -0.1) is 12.4 Å². The fourth-order valence-corrected chi connectivity index (χ4v) is 2.23. The van der Waals surface area contributed by atoms with Crippen molar-refractivity contribution in [2.75, 3.05) is 19.0 Å². The van der Waals surface area contributed by atoms with Gasteiger partial charge in [-0.3, -0.25) is 0 Å². The highest BCUT2D eigenvalue weighted by atomic mass is 35.5. The molecule has 2 rings (SSSR count). The molecule has 0 radical (unpaired) electrons. The summed E-state index contributed by atoms with van der Waals surface area (Å²) in [5.41, 5.74) is 8.42. The van der Waals surface area contributed by atoms with Gasteiger partial charge in [-0.25, -0.2) is 0 Å². The van der Waals surface area contributed by atoms with Gasteiger partial charge in [0.15, 0.2) is 0 Å². The average molecular weight is 323 g/mol. The van der Waals surface area contributed by atoms with E-state index in [0.717, 1.165) is 22.6 Å². The number of anilines is 1. The standard InChI is InChI=1S/C17H22N2O2.ClH/c1-21-17-8-3-2-5-14(17)12-19-15-7-4-6-13(11-15)16(20)9-10-18;/h2-8,11,16,19-20H,9-10,12,18H2,1H3;1H. The average Bonchev–Trinajstić information content (AvgIpc) is 2.53. The van der Waals surface area contributed by atoms with Crippen LogP contribution >= 0.6 is 12.4 Å². The molecule has 0 saturated carbocycles. The van der Waals surface area contributed by atoms with Crippen LogP contribution in [-0.2, 0) is 6.54 Å². The first-order valence-electron chi connectivity index (χ1n) is 7.08. The monoisotopic (exact) mass is 322 g/mol. The second kappa shape index (κ2) is 9.30. The van der Waals surface area contributed by atoms with Gasteiger partial charge < -0.3 is 20.9 Å². The molecular formula is C17H23ClN2O2. The Balaban J connectivity index is 0.00000242. The minimum absolute atomic E-state index is 0. The first kappa shape index (κ1) is 18.3.